The second-order valence-corrected chi connectivity index (χ2v) is 4.92. The lowest BCUT2D eigenvalue weighted by Crippen LogP contribution is -2.34. The van der Waals surface area contributed by atoms with Gasteiger partial charge in [-0.3, -0.25) is 0 Å². The van der Waals surface area contributed by atoms with E-state index in [9.17, 15) is 12.9 Å². The summed E-state index contributed by atoms with van der Waals surface area (Å²) < 4.78 is 48.3. The molecule has 0 aliphatic rings. The van der Waals surface area contributed by atoms with Gasteiger partial charge < -0.3 is 22.4 Å². The van der Waals surface area contributed by atoms with Gasteiger partial charge in [0.05, 0.1) is 6.61 Å². The fourth-order valence-electron chi connectivity index (χ4n) is 1.57. The first-order valence-electron chi connectivity index (χ1n) is 6.31. The van der Waals surface area contributed by atoms with Crippen LogP contribution in [-0.4, -0.2) is 26.8 Å². The molecule has 0 unspecified atom stereocenters. The standard InChI is InChI=1S/C13H19BF3O2/c1-10(2)9-18-6-7-19-13-5-4-12(8-11(13)3)14(15,16)17/h4-5,8,10H,6-7,9H2,1-3H3/q-1. The zero-order chi connectivity index (χ0) is 14.5. The summed E-state index contributed by atoms with van der Waals surface area (Å²) in [5, 5.41) is 0. The molecule has 1 aromatic carbocycles. The Labute approximate surface area is 112 Å². The monoisotopic (exact) mass is 275 g/mol. The highest BCUT2D eigenvalue weighted by atomic mass is 19.4. The highest BCUT2D eigenvalue weighted by Gasteiger charge is 2.25. The summed E-state index contributed by atoms with van der Waals surface area (Å²) in [6.07, 6.45) is 0. The Morgan fingerprint density at radius 1 is 1.16 bits per heavy atom. The summed E-state index contributed by atoms with van der Waals surface area (Å²) in [7, 11) is 0. The van der Waals surface area contributed by atoms with Crippen molar-refractivity contribution in [3.63, 3.8) is 0 Å². The van der Waals surface area contributed by atoms with Crippen molar-refractivity contribution in [1.82, 2.24) is 0 Å². The molecular formula is C13H19BF3O2-. The summed E-state index contributed by atoms with van der Waals surface area (Å²) >= 11 is 0. The van der Waals surface area contributed by atoms with E-state index in [1.165, 1.54) is 6.07 Å². The van der Waals surface area contributed by atoms with Gasteiger partial charge in [0.2, 0.25) is 0 Å². The van der Waals surface area contributed by atoms with Crippen LogP contribution in [0.2, 0.25) is 0 Å². The normalized spacial score (nSPS) is 11.9. The van der Waals surface area contributed by atoms with Crippen molar-refractivity contribution in [2.75, 3.05) is 19.8 Å². The molecule has 19 heavy (non-hydrogen) atoms. The lowest BCUT2D eigenvalue weighted by Gasteiger charge is -2.17. The smallest absolute Gasteiger partial charge is 0.491 e. The minimum Gasteiger partial charge on any atom is -0.491 e. The second-order valence-electron chi connectivity index (χ2n) is 4.92. The largest absolute Gasteiger partial charge is 0.509 e. The van der Waals surface area contributed by atoms with Gasteiger partial charge in [0.15, 0.2) is 0 Å². The number of hydrogen-bond acceptors (Lipinski definition) is 2. The maximum atomic E-state index is 12.5. The maximum Gasteiger partial charge on any atom is 0.509 e. The van der Waals surface area contributed by atoms with Crippen LogP contribution in [0.5, 0.6) is 5.75 Å². The molecule has 0 atom stereocenters. The zero-order valence-electron chi connectivity index (χ0n) is 11.5. The van der Waals surface area contributed by atoms with Crippen molar-refractivity contribution >= 4 is 12.4 Å². The molecule has 0 aliphatic heterocycles. The Kier molecular flexibility index (Phi) is 5.72. The summed E-state index contributed by atoms with van der Waals surface area (Å²) in [6.45, 7) is 2.17. The molecule has 2 nitrogen and oxygen atoms in total. The van der Waals surface area contributed by atoms with Crippen LogP contribution >= 0.6 is 0 Å². The Balaban J connectivity index is 2.47. The molecule has 1 aromatic rings. The van der Waals surface area contributed by atoms with Gasteiger partial charge in [0, 0.05) is 6.61 Å². The van der Waals surface area contributed by atoms with E-state index in [-0.39, 0.29) is 0 Å². The van der Waals surface area contributed by atoms with Crippen LogP contribution in [0.15, 0.2) is 18.2 Å². The van der Waals surface area contributed by atoms with Crippen LogP contribution < -0.4 is 10.2 Å². The van der Waals surface area contributed by atoms with Crippen LogP contribution in [-0.2, 0) is 4.74 Å². The molecule has 0 bridgehead atoms. The number of rotatable bonds is 7. The van der Waals surface area contributed by atoms with Crippen molar-refractivity contribution in [3.8, 4) is 5.75 Å². The maximum absolute atomic E-state index is 12.5. The molecule has 0 N–H and O–H groups in total. The van der Waals surface area contributed by atoms with E-state index in [4.69, 9.17) is 9.47 Å². The average Bonchev–Trinajstić information content (AvgIpc) is 2.28. The SMILES string of the molecule is Cc1cc([B-](F)(F)F)ccc1OCCOCC(C)C. The lowest BCUT2D eigenvalue weighted by atomic mass is 9.79. The third-order valence-corrected chi connectivity index (χ3v) is 2.51. The van der Waals surface area contributed by atoms with E-state index >= 15 is 0 Å². The van der Waals surface area contributed by atoms with Gasteiger partial charge in [-0.15, -0.1) is 5.46 Å². The molecule has 6 heteroatoms. The number of ether oxygens (including phenoxy) is 2. The third kappa shape index (κ3) is 5.55. The zero-order valence-corrected chi connectivity index (χ0v) is 11.5. The highest BCUT2D eigenvalue weighted by Crippen LogP contribution is 2.18. The molecule has 0 heterocycles. The van der Waals surface area contributed by atoms with Gasteiger partial charge >= 0.3 is 6.98 Å². The fourth-order valence-corrected chi connectivity index (χ4v) is 1.57. The lowest BCUT2D eigenvalue weighted by molar-refractivity contribution is 0.0817. The van der Waals surface area contributed by atoms with Crippen LogP contribution in [0.25, 0.3) is 0 Å². The molecule has 1 rings (SSSR count). The molecule has 0 radical (unpaired) electrons. The van der Waals surface area contributed by atoms with E-state index in [1.807, 2.05) is 13.8 Å². The van der Waals surface area contributed by atoms with Crippen molar-refractivity contribution in [2.45, 2.75) is 20.8 Å². The summed E-state index contributed by atoms with van der Waals surface area (Å²) in [4.78, 5) is 0. The Morgan fingerprint density at radius 3 is 2.37 bits per heavy atom. The van der Waals surface area contributed by atoms with Crippen molar-refractivity contribution in [2.24, 2.45) is 5.92 Å². The van der Waals surface area contributed by atoms with Crippen molar-refractivity contribution < 1.29 is 22.4 Å². The number of hydrogen-bond donors (Lipinski definition) is 0. The highest BCUT2D eigenvalue weighted by molar-refractivity contribution is 6.73. The summed E-state index contributed by atoms with van der Waals surface area (Å²) in [6, 6.07) is 3.53. The Morgan fingerprint density at radius 2 is 1.84 bits per heavy atom. The molecule has 0 saturated heterocycles. The van der Waals surface area contributed by atoms with Gasteiger partial charge in [0.1, 0.15) is 12.4 Å². The number of aryl methyl sites for hydroxylation is 1. The predicted octanol–water partition coefficient (Wildman–Crippen LogP) is 3.10. The van der Waals surface area contributed by atoms with E-state index in [2.05, 4.69) is 0 Å². The molecule has 0 amide bonds. The first-order valence-corrected chi connectivity index (χ1v) is 6.31. The average molecular weight is 275 g/mol. The first-order chi connectivity index (χ1) is 8.80. The van der Waals surface area contributed by atoms with Crippen molar-refractivity contribution in [3.05, 3.63) is 23.8 Å². The molecule has 0 saturated carbocycles. The molecule has 108 valence electrons. The van der Waals surface area contributed by atoms with Gasteiger partial charge in [-0.05, 0) is 24.5 Å². The molecule has 0 aliphatic carbocycles. The first kappa shape index (κ1) is 15.9. The van der Waals surface area contributed by atoms with Crippen LogP contribution in [0.3, 0.4) is 0 Å². The van der Waals surface area contributed by atoms with Crippen LogP contribution in [0, 0.1) is 12.8 Å². The van der Waals surface area contributed by atoms with E-state index in [0.717, 1.165) is 12.1 Å². The third-order valence-electron chi connectivity index (χ3n) is 2.51. The molecular weight excluding hydrogens is 256 g/mol. The van der Waals surface area contributed by atoms with Crippen LogP contribution in [0.1, 0.15) is 19.4 Å². The number of benzene rings is 1. The minimum atomic E-state index is -4.95. The quantitative estimate of drug-likeness (QED) is 0.562. The van der Waals surface area contributed by atoms with Gasteiger partial charge in [-0.25, -0.2) is 0 Å². The summed E-state index contributed by atoms with van der Waals surface area (Å²) in [5.74, 6) is 0.923. The summed E-state index contributed by atoms with van der Waals surface area (Å²) in [5.41, 5.74) is -0.110. The van der Waals surface area contributed by atoms with E-state index < -0.39 is 12.4 Å². The molecule has 0 aromatic heterocycles. The number of halogens is 3. The van der Waals surface area contributed by atoms with Crippen LogP contribution in [0.4, 0.5) is 12.9 Å². The van der Waals surface area contributed by atoms with E-state index in [0.29, 0.717) is 37.1 Å². The van der Waals surface area contributed by atoms with Crippen molar-refractivity contribution in [1.29, 1.82) is 0 Å². The Bertz CT molecular complexity index is 405. The fraction of sp³-hybridized carbons (Fsp3) is 0.538. The van der Waals surface area contributed by atoms with Gasteiger partial charge in [-0.1, -0.05) is 26.0 Å². The van der Waals surface area contributed by atoms with E-state index in [1.54, 1.807) is 6.92 Å². The van der Waals surface area contributed by atoms with Gasteiger partial charge in [0.25, 0.3) is 0 Å². The molecule has 0 spiro atoms. The minimum absolute atomic E-state index is 0.337. The molecule has 0 fully saturated rings. The Hall–Kier alpha value is -1.17. The van der Waals surface area contributed by atoms with Gasteiger partial charge in [-0.2, -0.15) is 0 Å². The predicted molar refractivity (Wildman–Crippen MR) is 71.0 cm³/mol. The second kappa shape index (κ2) is 6.84. The topological polar surface area (TPSA) is 18.5 Å².